The fraction of sp³-hybridized carbons (Fsp3) is 0.571. The van der Waals surface area contributed by atoms with Gasteiger partial charge in [0.05, 0.1) is 0 Å². The van der Waals surface area contributed by atoms with Crippen LogP contribution in [0.5, 0.6) is 0 Å². The van der Waals surface area contributed by atoms with Crippen LogP contribution >= 0.6 is 0 Å². The van der Waals surface area contributed by atoms with Gasteiger partial charge in [0.25, 0.3) is 0 Å². The molecule has 0 heterocycles. The van der Waals surface area contributed by atoms with Crippen molar-refractivity contribution in [2.75, 3.05) is 20.3 Å². The molecule has 0 fully saturated rings. The van der Waals surface area contributed by atoms with Crippen molar-refractivity contribution in [2.45, 2.75) is 33.2 Å². The second-order valence-corrected chi connectivity index (χ2v) is 4.25. The van der Waals surface area contributed by atoms with Crippen LogP contribution in [0, 0.1) is 13.8 Å². The molecular formula is C14H23NO. The Bertz CT molecular complexity index is 302. The lowest BCUT2D eigenvalue weighted by atomic mass is 9.99. The first-order valence-electron chi connectivity index (χ1n) is 6.00. The van der Waals surface area contributed by atoms with E-state index in [2.05, 4.69) is 37.4 Å². The van der Waals surface area contributed by atoms with Gasteiger partial charge in [-0.1, -0.05) is 29.3 Å². The lowest BCUT2D eigenvalue weighted by Crippen LogP contribution is -2.18. The number of ether oxygens (including phenoxy) is 1. The first-order chi connectivity index (χ1) is 7.67. The molecule has 1 rings (SSSR count). The molecule has 0 bridgehead atoms. The summed E-state index contributed by atoms with van der Waals surface area (Å²) in [5, 5.41) is 3.35. The number of rotatable bonds is 6. The van der Waals surface area contributed by atoms with E-state index in [0.717, 1.165) is 19.6 Å². The van der Waals surface area contributed by atoms with E-state index in [1.807, 2.05) is 14.0 Å². The lowest BCUT2D eigenvalue weighted by Gasteiger charge is -2.17. The zero-order chi connectivity index (χ0) is 12.0. The molecule has 1 atom stereocenters. The van der Waals surface area contributed by atoms with Crippen molar-refractivity contribution in [1.82, 2.24) is 5.32 Å². The van der Waals surface area contributed by atoms with Crippen LogP contribution in [0.1, 0.15) is 36.1 Å². The van der Waals surface area contributed by atoms with Gasteiger partial charge < -0.3 is 10.1 Å². The highest BCUT2D eigenvalue weighted by atomic mass is 16.5. The van der Waals surface area contributed by atoms with Gasteiger partial charge in [0.15, 0.2) is 0 Å². The maximum Gasteiger partial charge on any atom is 0.0484 e. The van der Waals surface area contributed by atoms with Crippen molar-refractivity contribution < 1.29 is 4.74 Å². The molecule has 0 aliphatic carbocycles. The predicted octanol–water partition coefficient (Wildman–Crippen LogP) is 2.99. The molecule has 0 radical (unpaired) electrons. The van der Waals surface area contributed by atoms with Gasteiger partial charge in [-0.15, -0.1) is 0 Å². The molecule has 0 aliphatic heterocycles. The van der Waals surface area contributed by atoms with Gasteiger partial charge in [0.2, 0.25) is 0 Å². The van der Waals surface area contributed by atoms with Crippen LogP contribution in [0.25, 0.3) is 0 Å². The van der Waals surface area contributed by atoms with Crippen molar-refractivity contribution in [3.63, 3.8) is 0 Å². The Morgan fingerprint density at radius 1 is 1.19 bits per heavy atom. The molecule has 1 aromatic rings. The third kappa shape index (κ3) is 3.95. The second-order valence-electron chi connectivity index (χ2n) is 4.25. The van der Waals surface area contributed by atoms with E-state index in [0.29, 0.717) is 6.04 Å². The fourth-order valence-corrected chi connectivity index (χ4v) is 2.03. The Morgan fingerprint density at radius 2 is 1.81 bits per heavy atom. The van der Waals surface area contributed by atoms with Gasteiger partial charge in [-0.3, -0.25) is 0 Å². The lowest BCUT2D eigenvalue weighted by molar-refractivity contribution is 0.137. The van der Waals surface area contributed by atoms with E-state index in [1.165, 1.54) is 16.7 Å². The number of benzene rings is 1. The molecule has 16 heavy (non-hydrogen) atoms. The van der Waals surface area contributed by atoms with Crippen LogP contribution < -0.4 is 5.32 Å². The fourth-order valence-electron chi connectivity index (χ4n) is 2.03. The molecule has 2 heteroatoms. The van der Waals surface area contributed by atoms with Gasteiger partial charge in [-0.05, 0) is 39.8 Å². The molecule has 1 aromatic carbocycles. The quantitative estimate of drug-likeness (QED) is 0.746. The summed E-state index contributed by atoms with van der Waals surface area (Å²) >= 11 is 0. The summed E-state index contributed by atoms with van der Waals surface area (Å²) in [4.78, 5) is 0. The standard InChI is InChI=1S/C14H23NO/c1-5-16-7-6-14(15-4)13-9-11(2)8-12(3)10-13/h8-10,14-15H,5-7H2,1-4H3. The maximum atomic E-state index is 5.41. The third-order valence-corrected chi connectivity index (χ3v) is 2.75. The SMILES string of the molecule is CCOCCC(NC)c1cc(C)cc(C)c1. The van der Waals surface area contributed by atoms with Crippen LogP contribution in [0.15, 0.2) is 18.2 Å². The Balaban J connectivity index is 2.70. The Morgan fingerprint density at radius 3 is 2.31 bits per heavy atom. The van der Waals surface area contributed by atoms with Crippen molar-refractivity contribution in [1.29, 1.82) is 0 Å². The van der Waals surface area contributed by atoms with Gasteiger partial charge in [0, 0.05) is 19.3 Å². The van der Waals surface area contributed by atoms with Crippen LogP contribution in [0.2, 0.25) is 0 Å². The number of nitrogens with one attached hydrogen (secondary N) is 1. The van der Waals surface area contributed by atoms with E-state index in [-0.39, 0.29) is 0 Å². The number of hydrogen-bond acceptors (Lipinski definition) is 2. The van der Waals surface area contributed by atoms with E-state index in [1.54, 1.807) is 0 Å². The second kappa shape index (κ2) is 6.66. The summed E-state index contributed by atoms with van der Waals surface area (Å²) in [7, 11) is 2.01. The zero-order valence-electron chi connectivity index (χ0n) is 10.8. The molecule has 2 nitrogen and oxygen atoms in total. The highest BCUT2D eigenvalue weighted by Gasteiger charge is 2.09. The largest absolute Gasteiger partial charge is 0.382 e. The van der Waals surface area contributed by atoms with Crippen LogP contribution in [0.3, 0.4) is 0 Å². The summed E-state index contributed by atoms with van der Waals surface area (Å²) in [6.07, 6.45) is 1.02. The highest BCUT2D eigenvalue weighted by molar-refractivity contribution is 5.30. The topological polar surface area (TPSA) is 21.3 Å². The Hall–Kier alpha value is -0.860. The van der Waals surface area contributed by atoms with Gasteiger partial charge in [-0.25, -0.2) is 0 Å². The van der Waals surface area contributed by atoms with E-state index >= 15 is 0 Å². The minimum absolute atomic E-state index is 0.394. The molecule has 0 saturated carbocycles. The van der Waals surface area contributed by atoms with Crippen LogP contribution in [-0.2, 0) is 4.74 Å². The molecule has 0 spiro atoms. The first kappa shape index (κ1) is 13.2. The number of hydrogen-bond donors (Lipinski definition) is 1. The van der Waals surface area contributed by atoms with E-state index in [4.69, 9.17) is 4.74 Å². The normalized spacial score (nSPS) is 12.8. The number of aryl methyl sites for hydroxylation is 2. The van der Waals surface area contributed by atoms with E-state index in [9.17, 15) is 0 Å². The highest BCUT2D eigenvalue weighted by Crippen LogP contribution is 2.19. The molecule has 1 N–H and O–H groups in total. The minimum Gasteiger partial charge on any atom is -0.382 e. The van der Waals surface area contributed by atoms with Crippen molar-refractivity contribution in [3.8, 4) is 0 Å². The van der Waals surface area contributed by atoms with Gasteiger partial charge in [0.1, 0.15) is 0 Å². The Kier molecular flexibility index (Phi) is 5.50. The summed E-state index contributed by atoms with van der Waals surface area (Å²) in [5.74, 6) is 0. The molecule has 1 unspecified atom stereocenters. The molecule has 0 aliphatic rings. The molecule has 0 amide bonds. The summed E-state index contributed by atoms with van der Waals surface area (Å²) in [6.45, 7) is 7.93. The smallest absolute Gasteiger partial charge is 0.0484 e. The van der Waals surface area contributed by atoms with Crippen LogP contribution in [-0.4, -0.2) is 20.3 Å². The molecule has 90 valence electrons. The van der Waals surface area contributed by atoms with Crippen LogP contribution in [0.4, 0.5) is 0 Å². The van der Waals surface area contributed by atoms with Gasteiger partial charge in [-0.2, -0.15) is 0 Å². The zero-order valence-corrected chi connectivity index (χ0v) is 10.8. The van der Waals surface area contributed by atoms with Crippen molar-refractivity contribution >= 4 is 0 Å². The van der Waals surface area contributed by atoms with E-state index < -0.39 is 0 Å². The third-order valence-electron chi connectivity index (χ3n) is 2.75. The molecule has 0 aromatic heterocycles. The summed E-state index contributed by atoms with van der Waals surface area (Å²) in [5.41, 5.74) is 4.01. The summed E-state index contributed by atoms with van der Waals surface area (Å²) < 4.78 is 5.41. The minimum atomic E-state index is 0.394. The van der Waals surface area contributed by atoms with Crippen molar-refractivity contribution in [2.24, 2.45) is 0 Å². The summed E-state index contributed by atoms with van der Waals surface area (Å²) in [6, 6.07) is 7.10. The first-order valence-corrected chi connectivity index (χ1v) is 6.00. The van der Waals surface area contributed by atoms with Crippen molar-refractivity contribution in [3.05, 3.63) is 34.9 Å². The van der Waals surface area contributed by atoms with Gasteiger partial charge >= 0.3 is 0 Å². The maximum absolute atomic E-state index is 5.41. The average molecular weight is 221 g/mol. The predicted molar refractivity (Wildman–Crippen MR) is 68.8 cm³/mol. The average Bonchev–Trinajstić information content (AvgIpc) is 2.23. The molecule has 0 saturated heterocycles. The monoisotopic (exact) mass is 221 g/mol. The molecular weight excluding hydrogens is 198 g/mol. The Labute approximate surface area is 99.0 Å².